The van der Waals surface area contributed by atoms with Gasteiger partial charge < -0.3 is 14.1 Å². The minimum atomic E-state index is -0.439. The number of hydrogen-bond donors (Lipinski definition) is 1. The Labute approximate surface area is 163 Å². The minimum Gasteiger partial charge on any atom is -0.468 e. The van der Waals surface area contributed by atoms with E-state index < -0.39 is 5.97 Å². The van der Waals surface area contributed by atoms with Crippen molar-refractivity contribution in [3.8, 4) is 5.69 Å². The fourth-order valence-electron chi connectivity index (χ4n) is 2.70. The van der Waals surface area contributed by atoms with Crippen molar-refractivity contribution in [2.75, 3.05) is 6.61 Å². The first-order valence-corrected chi connectivity index (χ1v) is 9.55. The van der Waals surface area contributed by atoms with E-state index in [-0.39, 0.29) is 12.2 Å². The van der Waals surface area contributed by atoms with Gasteiger partial charge in [0.25, 0.3) is 5.56 Å². The lowest BCUT2D eigenvalue weighted by Gasteiger charge is -2.05. The molecular formula is C19H16N4O4S. The van der Waals surface area contributed by atoms with Crippen molar-refractivity contribution in [1.82, 2.24) is 19.7 Å². The number of esters is 1. The summed E-state index contributed by atoms with van der Waals surface area (Å²) < 4.78 is 12.0. The summed E-state index contributed by atoms with van der Waals surface area (Å²) in [6.07, 6.45) is 2.93. The number of rotatable bonds is 6. The largest absolute Gasteiger partial charge is 0.468 e. The molecule has 0 aliphatic heterocycles. The average molecular weight is 396 g/mol. The number of nitrogens with zero attached hydrogens (tertiary/aromatic N) is 3. The van der Waals surface area contributed by atoms with Gasteiger partial charge in [0, 0.05) is 0 Å². The number of benzene rings is 1. The summed E-state index contributed by atoms with van der Waals surface area (Å²) in [5, 5.41) is 5.09. The molecule has 0 unspecified atom stereocenters. The van der Waals surface area contributed by atoms with E-state index in [0.717, 1.165) is 5.69 Å². The number of carbonyl (C=O) groups excluding carboxylic acids is 1. The van der Waals surface area contributed by atoms with E-state index in [4.69, 9.17) is 9.15 Å². The number of aromatic nitrogens is 4. The highest BCUT2D eigenvalue weighted by molar-refractivity contribution is 7.98. The van der Waals surface area contributed by atoms with Crippen LogP contribution >= 0.6 is 11.8 Å². The van der Waals surface area contributed by atoms with Gasteiger partial charge in [0.05, 0.1) is 30.5 Å². The van der Waals surface area contributed by atoms with Crippen LogP contribution in [0.5, 0.6) is 0 Å². The highest BCUT2D eigenvalue weighted by Crippen LogP contribution is 2.24. The molecule has 0 aliphatic rings. The first-order valence-electron chi connectivity index (χ1n) is 8.57. The van der Waals surface area contributed by atoms with Crippen LogP contribution in [0.1, 0.15) is 23.0 Å². The lowest BCUT2D eigenvalue weighted by Crippen LogP contribution is -2.10. The van der Waals surface area contributed by atoms with Gasteiger partial charge >= 0.3 is 5.97 Å². The van der Waals surface area contributed by atoms with Gasteiger partial charge in [-0.3, -0.25) is 4.79 Å². The fourth-order valence-corrected chi connectivity index (χ4v) is 3.51. The fraction of sp³-hybridized carbons (Fsp3) is 0.158. The molecule has 0 radical (unpaired) electrons. The first kappa shape index (κ1) is 18.1. The number of hydrogen-bond acceptors (Lipinski definition) is 7. The van der Waals surface area contributed by atoms with Crippen molar-refractivity contribution < 1.29 is 13.9 Å². The Balaban J connectivity index is 1.63. The minimum absolute atomic E-state index is 0.278. The zero-order chi connectivity index (χ0) is 19.5. The number of carbonyl (C=O) groups is 1. The molecular weight excluding hydrogens is 380 g/mol. The van der Waals surface area contributed by atoms with Gasteiger partial charge in [-0.05, 0) is 25.1 Å². The second kappa shape index (κ2) is 7.73. The van der Waals surface area contributed by atoms with E-state index in [1.807, 2.05) is 30.3 Å². The van der Waals surface area contributed by atoms with Crippen molar-refractivity contribution >= 4 is 28.8 Å². The SMILES string of the molecule is CCOC(=O)c1ccoc1CSc1nc2c(cnn2-c2ccccc2)c(=O)[nH]1. The molecule has 0 aliphatic carbocycles. The molecule has 0 atom stereocenters. The van der Waals surface area contributed by atoms with Crippen molar-refractivity contribution in [2.45, 2.75) is 17.8 Å². The van der Waals surface area contributed by atoms with Crippen molar-refractivity contribution in [2.24, 2.45) is 0 Å². The van der Waals surface area contributed by atoms with Crippen LogP contribution in [-0.2, 0) is 10.5 Å². The molecule has 1 aromatic carbocycles. The van der Waals surface area contributed by atoms with Crippen LogP contribution in [0.2, 0.25) is 0 Å². The number of thioether (sulfide) groups is 1. The predicted molar refractivity (Wildman–Crippen MR) is 104 cm³/mol. The number of ether oxygens (including phenoxy) is 1. The lowest BCUT2D eigenvalue weighted by molar-refractivity contribution is 0.0524. The van der Waals surface area contributed by atoms with Crippen LogP contribution in [0.4, 0.5) is 0 Å². The topological polar surface area (TPSA) is 103 Å². The molecule has 9 heteroatoms. The summed E-state index contributed by atoms with van der Waals surface area (Å²) >= 11 is 1.25. The monoisotopic (exact) mass is 396 g/mol. The molecule has 0 saturated carbocycles. The average Bonchev–Trinajstić information content (AvgIpc) is 3.34. The van der Waals surface area contributed by atoms with Crippen LogP contribution in [0.15, 0.2) is 63.2 Å². The van der Waals surface area contributed by atoms with E-state index in [9.17, 15) is 9.59 Å². The number of para-hydroxylation sites is 1. The smallest absolute Gasteiger partial charge is 0.341 e. The molecule has 1 N–H and O–H groups in total. The zero-order valence-electron chi connectivity index (χ0n) is 14.9. The molecule has 0 spiro atoms. The first-order chi connectivity index (χ1) is 13.7. The Hall–Kier alpha value is -3.33. The number of H-pyrrole nitrogens is 1. The van der Waals surface area contributed by atoms with Crippen LogP contribution in [0, 0.1) is 0 Å². The third-order valence-corrected chi connectivity index (χ3v) is 4.87. The Morgan fingerprint density at radius 3 is 2.89 bits per heavy atom. The van der Waals surface area contributed by atoms with Gasteiger partial charge in [0.15, 0.2) is 10.8 Å². The molecule has 4 rings (SSSR count). The second-order valence-corrected chi connectivity index (χ2v) is 6.73. The summed E-state index contributed by atoms with van der Waals surface area (Å²) in [7, 11) is 0. The standard InChI is InChI=1S/C19H16N4O4S/c1-2-26-18(25)13-8-9-27-15(13)11-28-19-21-16-14(17(24)22-19)10-20-23(16)12-6-4-3-5-7-12/h3-10H,2,11H2,1H3,(H,21,22,24). The van der Waals surface area contributed by atoms with Crippen LogP contribution in [0.3, 0.4) is 0 Å². The van der Waals surface area contributed by atoms with Gasteiger partial charge in [-0.25, -0.2) is 14.5 Å². The van der Waals surface area contributed by atoms with Crippen LogP contribution < -0.4 is 5.56 Å². The molecule has 4 aromatic rings. The van der Waals surface area contributed by atoms with Gasteiger partial charge in [-0.15, -0.1) is 0 Å². The van der Waals surface area contributed by atoms with E-state index in [1.165, 1.54) is 24.2 Å². The molecule has 0 fully saturated rings. The van der Waals surface area contributed by atoms with Crippen molar-refractivity contribution in [1.29, 1.82) is 0 Å². The van der Waals surface area contributed by atoms with Crippen molar-refractivity contribution in [3.05, 3.63) is 70.5 Å². The number of furan rings is 1. The molecule has 3 heterocycles. The summed E-state index contributed by atoms with van der Waals surface area (Å²) in [5.41, 5.74) is 1.36. The number of fused-ring (bicyclic) bond motifs is 1. The van der Waals surface area contributed by atoms with E-state index in [0.29, 0.717) is 33.3 Å². The molecule has 3 aromatic heterocycles. The normalized spacial score (nSPS) is 11.0. The molecule has 0 bridgehead atoms. The van der Waals surface area contributed by atoms with E-state index in [2.05, 4.69) is 15.1 Å². The maximum atomic E-state index is 12.4. The lowest BCUT2D eigenvalue weighted by atomic mass is 10.3. The number of nitrogens with one attached hydrogen (secondary N) is 1. The van der Waals surface area contributed by atoms with E-state index in [1.54, 1.807) is 17.7 Å². The summed E-state index contributed by atoms with van der Waals surface area (Å²) in [4.78, 5) is 31.6. The summed E-state index contributed by atoms with van der Waals surface area (Å²) in [6.45, 7) is 2.03. The third kappa shape index (κ3) is 3.44. The number of aromatic amines is 1. The van der Waals surface area contributed by atoms with Gasteiger partial charge in [0.2, 0.25) is 0 Å². The third-order valence-electron chi connectivity index (χ3n) is 4.00. The van der Waals surface area contributed by atoms with E-state index >= 15 is 0 Å². The van der Waals surface area contributed by atoms with Crippen molar-refractivity contribution in [3.63, 3.8) is 0 Å². The molecule has 28 heavy (non-hydrogen) atoms. The predicted octanol–water partition coefficient (Wildman–Crippen LogP) is 3.17. The van der Waals surface area contributed by atoms with Crippen LogP contribution in [-0.4, -0.2) is 32.3 Å². The highest BCUT2D eigenvalue weighted by atomic mass is 32.2. The maximum absolute atomic E-state index is 12.4. The molecule has 0 saturated heterocycles. The Morgan fingerprint density at radius 2 is 2.11 bits per heavy atom. The van der Waals surface area contributed by atoms with Gasteiger partial charge in [-0.2, -0.15) is 5.10 Å². The van der Waals surface area contributed by atoms with Gasteiger partial charge in [-0.1, -0.05) is 30.0 Å². The van der Waals surface area contributed by atoms with Crippen LogP contribution in [0.25, 0.3) is 16.7 Å². The quantitative estimate of drug-likeness (QED) is 0.303. The second-order valence-electron chi connectivity index (χ2n) is 5.77. The zero-order valence-corrected chi connectivity index (χ0v) is 15.7. The molecule has 142 valence electrons. The molecule has 8 nitrogen and oxygen atoms in total. The maximum Gasteiger partial charge on any atom is 0.341 e. The summed E-state index contributed by atoms with van der Waals surface area (Å²) in [5.74, 6) is 0.336. The Kier molecular flexibility index (Phi) is 4.98. The highest BCUT2D eigenvalue weighted by Gasteiger charge is 2.17. The van der Waals surface area contributed by atoms with Gasteiger partial charge in [0.1, 0.15) is 16.7 Å². The Bertz CT molecular complexity index is 1180. The molecule has 0 amide bonds. The summed E-state index contributed by atoms with van der Waals surface area (Å²) in [6, 6.07) is 11.0. The Morgan fingerprint density at radius 1 is 1.29 bits per heavy atom.